The van der Waals surface area contributed by atoms with E-state index in [-0.39, 0.29) is 39.5 Å². The van der Waals surface area contributed by atoms with Crippen molar-refractivity contribution in [3.05, 3.63) is 0 Å². The highest BCUT2D eigenvalue weighted by Gasteiger charge is 2.80. The lowest BCUT2D eigenvalue weighted by atomic mass is 9.31. The van der Waals surface area contributed by atoms with Gasteiger partial charge in [0, 0.05) is 5.92 Å². The second-order valence-corrected chi connectivity index (χ2v) is 18.1. The standard InChI is InChI=1S/C36H58O9/c1-30(2)21-11-15-35(29(41)45-30)24-9-8-23-32(4)13-7-12-31(3,19-43-28-27(40)26(39)25(38)20(18-37)44-28)22(32)10-14-33(23,5)34(24,6)16-17-36(21,35)42/h20-28,37-40,42H,7-19H2,1-6H3/t20-,21-,22+,23-,24+,25-,26+,27-,28-,31-,32+,33-,34-,35-,36-/m1/s1. The summed E-state index contributed by atoms with van der Waals surface area (Å²) in [4.78, 5) is 14.1. The van der Waals surface area contributed by atoms with Crippen LogP contribution in [0.25, 0.3) is 0 Å². The van der Waals surface area contributed by atoms with E-state index >= 15 is 0 Å². The molecule has 15 atom stereocenters. The Hall–Kier alpha value is -0.810. The Morgan fingerprint density at radius 3 is 2.13 bits per heavy atom. The van der Waals surface area contributed by atoms with Crippen LogP contribution in [0.15, 0.2) is 0 Å². The lowest BCUT2D eigenvalue weighted by Gasteiger charge is -2.74. The molecule has 2 aliphatic heterocycles. The minimum absolute atomic E-state index is 0.0129. The molecule has 0 spiro atoms. The predicted molar refractivity (Wildman–Crippen MR) is 164 cm³/mol. The highest BCUT2D eigenvalue weighted by Crippen LogP contribution is 2.80. The summed E-state index contributed by atoms with van der Waals surface area (Å²) >= 11 is 0. The molecule has 0 aromatic carbocycles. The zero-order valence-corrected chi connectivity index (χ0v) is 28.3. The number of hydrogen-bond acceptors (Lipinski definition) is 9. The fourth-order valence-corrected chi connectivity index (χ4v) is 13.9. The monoisotopic (exact) mass is 634 g/mol. The van der Waals surface area contributed by atoms with Crippen LogP contribution in [0.4, 0.5) is 0 Å². The zero-order valence-electron chi connectivity index (χ0n) is 28.3. The predicted octanol–water partition coefficient (Wildman–Crippen LogP) is 3.70. The third kappa shape index (κ3) is 3.95. The van der Waals surface area contributed by atoms with Gasteiger partial charge in [-0.15, -0.1) is 0 Å². The second-order valence-electron chi connectivity index (χ2n) is 18.1. The molecule has 9 nitrogen and oxygen atoms in total. The first-order chi connectivity index (χ1) is 21.0. The van der Waals surface area contributed by atoms with E-state index in [0.29, 0.717) is 24.9 Å². The number of rotatable bonds is 4. The third-order valence-electron chi connectivity index (χ3n) is 16.2. The maximum atomic E-state index is 14.1. The number of carbonyl (C=O) groups excluding carboxylic acids is 1. The SMILES string of the molecule is CC1(C)OC(=O)[C@]23CC[C@H]1[C@]2(O)CC[C@]1(C)[C@@H]3CC[C@@H]2[C@@]3(C)CCC[C@](C)(CO[C@@H]4O[C@H](CO)[C@@H](O)[C@H](O)[C@H]4O)[C@@H]3CC[C@]21C. The molecule has 5 aliphatic carbocycles. The Morgan fingerprint density at radius 1 is 0.756 bits per heavy atom. The van der Waals surface area contributed by atoms with E-state index in [4.69, 9.17) is 14.2 Å². The van der Waals surface area contributed by atoms with E-state index in [9.17, 15) is 30.3 Å². The van der Waals surface area contributed by atoms with Crippen molar-refractivity contribution in [2.45, 2.75) is 154 Å². The number of carbonyl (C=O) groups is 1. The molecule has 256 valence electrons. The van der Waals surface area contributed by atoms with Crippen LogP contribution < -0.4 is 0 Å². The smallest absolute Gasteiger partial charge is 0.315 e. The number of esters is 1. The molecule has 5 saturated carbocycles. The normalized spacial score (nSPS) is 58.5. The van der Waals surface area contributed by atoms with Crippen molar-refractivity contribution in [2.75, 3.05) is 13.2 Å². The summed E-state index contributed by atoms with van der Waals surface area (Å²) in [5.41, 5.74) is -2.64. The molecule has 0 amide bonds. The Kier molecular flexibility index (Phi) is 7.35. The number of ether oxygens (including phenoxy) is 3. The van der Waals surface area contributed by atoms with Crippen LogP contribution in [0.1, 0.15) is 112 Å². The average molecular weight is 635 g/mol. The lowest BCUT2D eigenvalue weighted by Crippen LogP contribution is -2.74. The van der Waals surface area contributed by atoms with E-state index in [0.717, 1.165) is 64.2 Å². The minimum Gasteiger partial charge on any atom is -0.459 e. The Labute approximate surface area is 268 Å². The van der Waals surface area contributed by atoms with Crippen molar-refractivity contribution in [3.8, 4) is 0 Å². The molecule has 45 heavy (non-hydrogen) atoms. The minimum atomic E-state index is -1.45. The van der Waals surface area contributed by atoms with Gasteiger partial charge >= 0.3 is 5.97 Å². The van der Waals surface area contributed by atoms with Gasteiger partial charge in [0.05, 0.1) is 18.8 Å². The molecule has 7 fully saturated rings. The topological polar surface area (TPSA) is 146 Å². The quantitative estimate of drug-likeness (QED) is 0.292. The van der Waals surface area contributed by atoms with Crippen molar-refractivity contribution >= 4 is 5.97 Å². The van der Waals surface area contributed by atoms with Gasteiger partial charge in [-0.05, 0) is 117 Å². The van der Waals surface area contributed by atoms with Crippen molar-refractivity contribution in [3.63, 3.8) is 0 Å². The van der Waals surface area contributed by atoms with E-state index < -0.39 is 53.9 Å². The maximum Gasteiger partial charge on any atom is 0.315 e. The van der Waals surface area contributed by atoms with Crippen LogP contribution in [-0.4, -0.2) is 86.6 Å². The Balaban J connectivity index is 1.16. The largest absolute Gasteiger partial charge is 0.459 e. The van der Waals surface area contributed by atoms with Gasteiger partial charge in [-0.3, -0.25) is 4.79 Å². The van der Waals surface area contributed by atoms with Crippen LogP contribution in [0, 0.1) is 50.7 Å². The molecule has 0 aromatic heterocycles. The van der Waals surface area contributed by atoms with Crippen LogP contribution >= 0.6 is 0 Å². The summed E-state index contributed by atoms with van der Waals surface area (Å²) in [5.74, 6) is 0.777. The van der Waals surface area contributed by atoms with Crippen molar-refractivity contribution in [2.24, 2.45) is 50.7 Å². The lowest BCUT2D eigenvalue weighted by molar-refractivity contribution is -0.315. The number of cyclic esters (lactones) is 1. The summed E-state index contributed by atoms with van der Waals surface area (Å²) in [6.45, 7) is 13.6. The van der Waals surface area contributed by atoms with Gasteiger partial charge in [0.2, 0.25) is 0 Å². The second kappa shape index (κ2) is 10.1. The van der Waals surface area contributed by atoms with E-state index in [1.807, 2.05) is 13.8 Å². The van der Waals surface area contributed by atoms with Crippen LogP contribution in [0.2, 0.25) is 0 Å². The fourth-order valence-electron chi connectivity index (χ4n) is 13.9. The van der Waals surface area contributed by atoms with Crippen molar-refractivity contribution in [1.82, 2.24) is 0 Å². The summed E-state index contributed by atoms with van der Waals surface area (Å²) < 4.78 is 18.2. The molecular formula is C36H58O9. The highest BCUT2D eigenvalue weighted by atomic mass is 16.7. The van der Waals surface area contributed by atoms with Gasteiger partial charge < -0.3 is 39.7 Å². The van der Waals surface area contributed by atoms with E-state index in [1.165, 1.54) is 0 Å². The van der Waals surface area contributed by atoms with Gasteiger partial charge in [-0.1, -0.05) is 34.1 Å². The average Bonchev–Trinajstić information content (AvgIpc) is 3.25. The number of aliphatic hydroxyl groups is 5. The molecule has 9 heteroatoms. The first kappa shape index (κ1) is 32.7. The molecule has 2 heterocycles. The number of aliphatic hydroxyl groups excluding tert-OH is 4. The fraction of sp³-hybridized carbons (Fsp3) is 0.972. The third-order valence-corrected chi connectivity index (χ3v) is 16.2. The van der Waals surface area contributed by atoms with Gasteiger partial charge in [0.15, 0.2) is 6.29 Å². The molecule has 7 aliphatic rings. The van der Waals surface area contributed by atoms with Crippen LogP contribution in [0.3, 0.4) is 0 Å². The molecule has 7 rings (SSSR count). The molecule has 0 radical (unpaired) electrons. The summed E-state index contributed by atoms with van der Waals surface area (Å²) in [7, 11) is 0. The van der Waals surface area contributed by atoms with E-state index in [2.05, 4.69) is 27.7 Å². The first-order valence-corrected chi connectivity index (χ1v) is 17.8. The zero-order chi connectivity index (χ0) is 32.6. The van der Waals surface area contributed by atoms with Crippen molar-refractivity contribution < 1.29 is 44.5 Å². The number of hydrogen-bond donors (Lipinski definition) is 5. The van der Waals surface area contributed by atoms with Gasteiger partial charge in [0.25, 0.3) is 0 Å². The summed E-state index contributed by atoms with van der Waals surface area (Å²) in [6.07, 6.45) is 4.06. The van der Waals surface area contributed by atoms with E-state index in [1.54, 1.807) is 0 Å². The number of fused-ring (bicyclic) bond motifs is 5. The highest BCUT2D eigenvalue weighted by molar-refractivity contribution is 5.82. The molecule has 2 saturated heterocycles. The Morgan fingerprint density at radius 2 is 1.42 bits per heavy atom. The molecule has 2 bridgehead atoms. The van der Waals surface area contributed by atoms with Crippen LogP contribution in [-0.2, 0) is 19.0 Å². The summed E-state index contributed by atoms with van der Waals surface area (Å²) in [5, 5.41) is 53.3. The molecular weight excluding hydrogens is 576 g/mol. The molecule has 0 aromatic rings. The van der Waals surface area contributed by atoms with Crippen LogP contribution in [0.5, 0.6) is 0 Å². The molecule has 0 unspecified atom stereocenters. The van der Waals surface area contributed by atoms with Gasteiger partial charge in [-0.2, -0.15) is 0 Å². The molecule has 5 N–H and O–H groups in total. The van der Waals surface area contributed by atoms with Gasteiger partial charge in [0.1, 0.15) is 35.4 Å². The first-order valence-electron chi connectivity index (χ1n) is 17.8. The maximum absolute atomic E-state index is 14.1. The van der Waals surface area contributed by atoms with Crippen molar-refractivity contribution in [1.29, 1.82) is 0 Å². The Bertz CT molecular complexity index is 1210. The summed E-state index contributed by atoms with van der Waals surface area (Å²) in [6, 6.07) is 0. The van der Waals surface area contributed by atoms with Gasteiger partial charge in [-0.25, -0.2) is 0 Å².